The van der Waals surface area contributed by atoms with E-state index in [-0.39, 0.29) is 0 Å². The van der Waals surface area contributed by atoms with Crippen LogP contribution in [0.1, 0.15) is 45.6 Å². The van der Waals surface area contributed by atoms with Gasteiger partial charge >= 0.3 is 0 Å². The summed E-state index contributed by atoms with van der Waals surface area (Å²) < 4.78 is 0. The summed E-state index contributed by atoms with van der Waals surface area (Å²) in [7, 11) is 0. The van der Waals surface area contributed by atoms with Crippen molar-refractivity contribution in [2.75, 3.05) is 25.0 Å². The largest absolute Gasteiger partial charge is 0.370 e. The molecule has 0 saturated carbocycles. The average Bonchev–Trinajstić information content (AvgIpc) is 2.35. The molecule has 1 aromatic heterocycles. The highest BCUT2D eigenvalue weighted by Crippen LogP contribution is 2.29. The Morgan fingerprint density at radius 2 is 2.26 bits per heavy atom. The molecule has 1 aromatic rings. The minimum Gasteiger partial charge on any atom is -0.370 e. The molecule has 106 valence electrons. The van der Waals surface area contributed by atoms with Gasteiger partial charge in [0.25, 0.3) is 0 Å². The van der Waals surface area contributed by atoms with Gasteiger partial charge in [0.1, 0.15) is 5.82 Å². The second-order valence-corrected chi connectivity index (χ2v) is 6.45. The highest BCUT2D eigenvalue weighted by molar-refractivity contribution is 5.37. The van der Waals surface area contributed by atoms with E-state index < -0.39 is 0 Å². The van der Waals surface area contributed by atoms with Crippen molar-refractivity contribution >= 4 is 5.82 Å². The molecule has 3 heteroatoms. The highest BCUT2D eigenvalue weighted by atomic mass is 15.1. The van der Waals surface area contributed by atoms with E-state index in [1.54, 1.807) is 0 Å². The number of nitrogens with zero attached hydrogens (tertiary/aromatic N) is 2. The first-order valence-corrected chi connectivity index (χ1v) is 7.50. The lowest BCUT2D eigenvalue weighted by Gasteiger charge is -2.38. The van der Waals surface area contributed by atoms with E-state index >= 15 is 0 Å². The highest BCUT2D eigenvalue weighted by Gasteiger charge is 2.26. The van der Waals surface area contributed by atoms with Crippen molar-refractivity contribution in [3.05, 3.63) is 23.9 Å². The maximum absolute atomic E-state index is 4.37. The average molecular weight is 261 g/mol. The van der Waals surface area contributed by atoms with E-state index in [2.05, 4.69) is 48.1 Å². The standard InChI is InChI=1S/C16H27N3/c1-4-8-17-15-11-14(6-9-18-15)12-19-10-5-7-16(2,3)13-19/h6,9,11H,4-5,7-8,10,12-13H2,1-3H3,(H,17,18). The first-order chi connectivity index (χ1) is 9.09. The molecule has 0 aromatic carbocycles. The van der Waals surface area contributed by atoms with Gasteiger partial charge in [0, 0.05) is 25.8 Å². The summed E-state index contributed by atoms with van der Waals surface area (Å²) in [6.07, 6.45) is 5.72. The van der Waals surface area contributed by atoms with Crippen LogP contribution in [0.15, 0.2) is 18.3 Å². The number of pyridine rings is 1. The fourth-order valence-corrected chi connectivity index (χ4v) is 2.86. The summed E-state index contributed by atoms with van der Waals surface area (Å²) in [5.41, 5.74) is 1.83. The quantitative estimate of drug-likeness (QED) is 0.879. The molecule has 1 fully saturated rings. The molecule has 19 heavy (non-hydrogen) atoms. The van der Waals surface area contributed by atoms with Gasteiger partial charge in [-0.05, 0) is 48.9 Å². The van der Waals surface area contributed by atoms with Gasteiger partial charge in [0.2, 0.25) is 0 Å². The molecule has 3 nitrogen and oxygen atoms in total. The SMILES string of the molecule is CCCNc1cc(CN2CCCC(C)(C)C2)ccn1. The summed E-state index contributed by atoms with van der Waals surface area (Å²) in [6, 6.07) is 4.33. The maximum Gasteiger partial charge on any atom is 0.126 e. The first-order valence-electron chi connectivity index (χ1n) is 7.50. The van der Waals surface area contributed by atoms with Crippen LogP contribution in [0.3, 0.4) is 0 Å². The molecule has 1 saturated heterocycles. The zero-order valence-corrected chi connectivity index (χ0v) is 12.6. The summed E-state index contributed by atoms with van der Waals surface area (Å²) in [4.78, 5) is 6.94. The van der Waals surface area contributed by atoms with Crippen LogP contribution in [0, 0.1) is 5.41 Å². The first kappa shape index (κ1) is 14.3. The molecule has 2 heterocycles. The number of hydrogen-bond donors (Lipinski definition) is 1. The molecule has 0 unspecified atom stereocenters. The van der Waals surface area contributed by atoms with Crippen molar-refractivity contribution in [3.8, 4) is 0 Å². The van der Waals surface area contributed by atoms with Crippen LogP contribution in [0.5, 0.6) is 0 Å². The van der Waals surface area contributed by atoms with Gasteiger partial charge in [-0.3, -0.25) is 4.90 Å². The summed E-state index contributed by atoms with van der Waals surface area (Å²) in [6.45, 7) is 11.4. The Morgan fingerprint density at radius 1 is 1.42 bits per heavy atom. The normalized spacial score (nSPS) is 19.3. The topological polar surface area (TPSA) is 28.2 Å². The van der Waals surface area contributed by atoms with Gasteiger partial charge in [-0.25, -0.2) is 4.98 Å². The van der Waals surface area contributed by atoms with Gasteiger partial charge in [-0.2, -0.15) is 0 Å². The number of hydrogen-bond acceptors (Lipinski definition) is 3. The van der Waals surface area contributed by atoms with E-state index in [0.29, 0.717) is 5.41 Å². The van der Waals surface area contributed by atoms with Crippen molar-refractivity contribution in [2.45, 2.75) is 46.6 Å². The van der Waals surface area contributed by atoms with E-state index in [1.807, 2.05) is 6.20 Å². The number of likely N-dealkylation sites (tertiary alicyclic amines) is 1. The van der Waals surface area contributed by atoms with Crippen molar-refractivity contribution in [1.82, 2.24) is 9.88 Å². The van der Waals surface area contributed by atoms with Crippen LogP contribution >= 0.6 is 0 Å². The van der Waals surface area contributed by atoms with Crippen LogP contribution < -0.4 is 5.32 Å². The molecule has 1 aliphatic rings. The molecule has 0 bridgehead atoms. The van der Waals surface area contributed by atoms with Crippen LogP contribution in [0.4, 0.5) is 5.82 Å². The Labute approximate surface area is 117 Å². The third kappa shape index (κ3) is 4.50. The molecule has 1 aliphatic heterocycles. The van der Waals surface area contributed by atoms with Gasteiger partial charge < -0.3 is 5.32 Å². The summed E-state index contributed by atoms with van der Waals surface area (Å²) in [5.74, 6) is 1.01. The molecule has 0 atom stereocenters. The molecular weight excluding hydrogens is 234 g/mol. The number of aromatic nitrogens is 1. The molecule has 0 radical (unpaired) electrons. The van der Waals surface area contributed by atoms with E-state index in [4.69, 9.17) is 0 Å². The third-order valence-electron chi connectivity index (χ3n) is 3.77. The van der Waals surface area contributed by atoms with Crippen molar-refractivity contribution in [1.29, 1.82) is 0 Å². The van der Waals surface area contributed by atoms with Gasteiger partial charge in [-0.1, -0.05) is 20.8 Å². The van der Waals surface area contributed by atoms with Crippen molar-refractivity contribution in [2.24, 2.45) is 5.41 Å². The molecule has 1 N–H and O–H groups in total. The Balaban J connectivity index is 1.94. The second kappa shape index (κ2) is 6.38. The van der Waals surface area contributed by atoms with Crippen LogP contribution in [-0.4, -0.2) is 29.5 Å². The molecular formula is C16H27N3. The second-order valence-electron chi connectivity index (χ2n) is 6.45. The minimum absolute atomic E-state index is 0.467. The predicted octanol–water partition coefficient (Wildman–Crippen LogP) is 3.53. The Bertz CT molecular complexity index is 401. The zero-order valence-electron chi connectivity index (χ0n) is 12.6. The molecule has 0 aliphatic carbocycles. The lowest BCUT2D eigenvalue weighted by molar-refractivity contribution is 0.111. The lowest BCUT2D eigenvalue weighted by atomic mass is 9.84. The van der Waals surface area contributed by atoms with Crippen LogP contribution in [0.2, 0.25) is 0 Å². The fraction of sp³-hybridized carbons (Fsp3) is 0.688. The van der Waals surface area contributed by atoms with Crippen LogP contribution in [-0.2, 0) is 6.54 Å². The van der Waals surface area contributed by atoms with Gasteiger partial charge in [0.15, 0.2) is 0 Å². The molecule has 0 amide bonds. The third-order valence-corrected chi connectivity index (χ3v) is 3.77. The monoisotopic (exact) mass is 261 g/mol. The summed E-state index contributed by atoms with van der Waals surface area (Å²) in [5, 5.41) is 3.36. The number of anilines is 1. The predicted molar refractivity (Wildman–Crippen MR) is 81.3 cm³/mol. The fourth-order valence-electron chi connectivity index (χ4n) is 2.86. The number of rotatable bonds is 5. The minimum atomic E-state index is 0.467. The van der Waals surface area contributed by atoms with E-state index in [1.165, 1.54) is 31.5 Å². The lowest BCUT2D eigenvalue weighted by Crippen LogP contribution is -2.39. The maximum atomic E-state index is 4.37. The Hall–Kier alpha value is -1.09. The number of nitrogens with one attached hydrogen (secondary N) is 1. The Kier molecular flexibility index (Phi) is 4.81. The molecule has 2 rings (SSSR count). The van der Waals surface area contributed by atoms with Crippen molar-refractivity contribution < 1.29 is 0 Å². The van der Waals surface area contributed by atoms with Gasteiger partial charge in [0.05, 0.1) is 0 Å². The van der Waals surface area contributed by atoms with Crippen LogP contribution in [0.25, 0.3) is 0 Å². The Morgan fingerprint density at radius 3 is 3.00 bits per heavy atom. The van der Waals surface area contributed by atoms with Crippen molar-refractivity contribution in [3.63, 3.8) is 0 Å². The zero-order chi connectivity index (χ0) is 13.7. The summed E-state index contributed by atoms with van der Waals surface area (Å²) >= 11 is 0. The van der Waals surface area contributed by atoms with E-state index in [9.17, 15) is 0 Å². The smallest absolute Gasteiger partial charge is 0.126 e. The molecule has 0 spiro atoms. The number of piperidine rings is 1. The van der Waals surface area contributed by atoms with E-state index in [0.717, 1.165) is 25.3 Å². The van der Waals surface area contributed by atoms with Gasteiger partial charge in [-0.15, -0.1) is 0 Å².